The first-order chi connectivity index (χ1) is 11.1. The second-order valence-electron chi connectivity index (χ2n) is 5.73. The van der Waals surface area contributed by atoms with Crippen molar-refractivity contribution in [2.75, 3.05) is 17.6 Å². The number of pyridine rings is 1. The molecular formula is C15H20N6O2. The summed E-state index contributed by atoms with van der Waals surface area (Å²) in [4.78, 5) is 30.5. The summed E-state index contributed by atoms with van der Waals surface area (Å²) in [7, 11) is 0. The number of nitrogens with zero attached hydrogens (tertiary/aromatic N) is 3. The maximum atomic E-state index is 12.5. The molecule has 1 saturated heterocycles. The number of aromatic amines is 1. The van der Waals surface area contributed by atoms with E-state index in [1.54, 1.807) is 4.90 Å². The van der Waals surface area contributed by atoms with Crippen molar-refractivity contribution < 1.29 is 9.59 Å². The number of nitrogen functional groups attached to an aromatic ring is 1. The highest BCUT2D eigenvalue weighted by atomic mass is 16.2. The third-order valence-corrected chi connectivity index (χ3v) is 4.32. The van der Waals surface area contributed by atoms with Crippen molar-refractivity contribution in [1.82, 2.24) is 20.1 Å². The SMILES string of the molecule is CC[C@@H]1CCCCN1C(=O)C(=O)Nc1cnc(N)c2cn[nH]c12. The van der Waals surface area contributed by atoms with Crippen molar-refractivity contribution in [3.63, 3.8) is 0 Å². The minimum atomic E-state index is -0.659. The zero-order valence-electron chi connectivity index (χ0n) is 13.0. The summed E-state index contributed by atoms with van der Waals surface area (Å²) >= 11 is 0. The number of amides is 2. The number of likely N-dealkylation sites (tertiary alicyclic amines) is 1. The minimum absolute atomic E-state index is 0.138. The van der Waals surface area contributed by atoms with Crippen LogP contribution in [-0.4, -0.2) is 44.5 Å². The van der Waals surface area contributed by atoms with Gasteiger partial charge in [-0.15, -0.1) is 0 Å². The third-order valence-electron chi connectivity index (χ3n) is 4.32. The molecule has 8 heteroatoms. The second-order valence-corrected chi connectivity index (χ2v) is 5.73. The van der Waals surface area contributed by atoms with Gasteiger partial charge in [-0.1, -0.05) is 6.92 Å². The Bertz CT molecular complexity index is 741. The van der Waals surface area contributed by atoms with Gasteiger partial charge in [0.05, 0.1) is 29.0 Å². The predicted molar refractivity (Wildman–Crippen MR) is 86.6 cm³/mol. The quantitative estimate of drug-likeness (QED) is 0.721. The summed E-state index contributed by atoms with van der Waals surface area (Å²) in [6.45, 7) is 2.66. The monoisotopic (exact) mass is 316 g/mol. The zero-order chi connectivity index (χ0) is 16.4. The van der Waals surface area contributed by atoms with Crippen molar-refractivity contribution in [1.29, 1.82) is 0 Å². The maximum Gasteiger partial charge on any atom is 0.314 e. The van der Waals surface area contributed by atoms with Gasteiger partial charge in [0.15, 0.2) is 0 Å². The van der Waals surface area contributed by atoms with Gasteiger partial charge in [0, 0.05) is 12.6 Å². The normalized spacial score (nSPS) is 18.1. The number of nitrogens with one attached hydrogen (secondary N) is 2. The van der Waals surface area contributed by atoms with E-state index in [9.17, 15) is 9.59 Å². The van der Waals surface area contributed by atoms with Crippen molar-refractivity contribution in [2.45, 2.75) is 38.6 Å². The van der Waals surface area contributed by atoms with Gasteiger partial charge < -0.3 is 16.0 Å². The van der Waals surface area contributed by atoms with Gasteiger partial charge in [-0.3, -0.25) is 14.7 Å². The lowest BCUT2D eigenvalue weighted by Gasteiger charge is -2.34. The van der Waals surface area contributed by atoms with E-state index in [1.807, 2.05) is 6.92 Å². The lowest BCUT2D eigenvalue weighted by atomic mass is 10.00. The Hall–Kier alpha value is -2.64. The van der Waals surface area contributed by atoms with Crippen LogP contribution in [-0.2, 0) is 9.59 Å². The number of carbonyl (C=O) groups excluding carboxylic acids is 2. The zero-order valence-corrected chi connectivity index (χ0v) is 13.0. The number of carbonyl (C=O) groups is 2. The summed E-state index contributed by atoms with van der Waals surface area (Å²) in [6.07, 6.45) is 6.79. The van der Waals surface area contributed by atoms with Crippen LogP contribution in [0.5, 0.6) is 0 Å². The lowest BCUT2D eigenvalue weighted by Crippen LogP contribution is -2.48. The molecule has 4 N–H and O–H groups in total. The predicted octanol–water partition coefficient (Wildman–Crippen LogP) is 1.27. The van der Waals surface area contributed by atoms with Gasteiger partial charge in [0.1, 0.15) is 5.82 Å². The molecule has 0 aliphatic carbocycles. The molecule has 122 valence electrons. The molecule has 3 rings (SSSR count). The van der Waals surface area contributed by atoms with Gasteiger partial charge in [0.25, 0.3) is 0 Å². The highest BCUT2D eigenvalue weighted by Crippen LogP contribution is 2.24. The average molecular weight is 316 g/mol. The van der Waals surface area contributed by atoms with E-state index < -0.39 is 11.8 Å². The number of anilines is 2. The molecule has 0 aromatic carbocycles. The Morgan fingerprint density at radius 1 is 1.43 bits per heavy atom. The van der Waals surface area contributed by atoms with Gasteiger partial charge in [-0.25, -0.2) is 4.98 Å². The van der Waals surface area contributed by atoms with Crippen molar-refractivity contribution in [3.05, 3.63) is 12.4 Å². The number of H-pyrrole nitrogens is 1. The van der Waals surface area contributed by atoms with Gasteiger partial charge >= 0.3 is 11.8 Å². The summed E-state index contributed by atoms with van der Waals surface area (Å²) in [5.41, 5.74) is 6.71. The van der Waals surface area contributed by atoms with Crippen molar-refractivity contribution >= 4 is 34.2 Å². The molecule has 2 aromatic heterocycles. The first-order valence-corrected chi connectivity index (χ1v) is 7.81. The number of piperidine rings is 1. The van der Waals surface area contributed by atoms with Crippen LogP contribution in [0.15, 0.2) is 12.4 Å². The largest absolute Gasteiger partial charge is 0.383 e. The molecule has 0 radical (unpaired) electrons. The van der Waals surface area contributed by atoms with E-state index in [-0.39, 0.29) is 6.04 Å². The molecular weight excluding hydrogens is 296 g/mol. The van der Waals surface area contributed by atoms with Crippen LogP contribution < -0.4 is 11.1 Å². The first-order valence-electron chi connectivity index (χ1n) is 7.81. The van der Waals surface area contributed by atoms with Crippen molar-refractivity contribution in [3.8, 4) is 0 Å². The Morgan fingerprint density at radius 3 is 3.04 bits per heavy atom. The highest BCUT2D eigenvalue weighted by molar-refractivity contribution is 6.40. The Labute approximate surface area is 133 Å². The summed E-state index contributed by atoms with van der Waals surface area (Å²) in [5.74, 6) is -0.839. The molecule has 0 bridgehead atoms. The smallest absolute Gasteiger partial charge is 0.314 e. The van der Waals surface area contributed by atoms with E-state index in [1.165, 1.54) is 12.4 Å². The molecule has 3 heterocycles. The van der Waals surface area contributed by atoms with Crippen LogP contribution in [0.1, 0.15) is 32.6 Å². The van der Waals surface area contributed by atoms with E-state index >= 15 is 0 Å². The van der Waals surface area contributed by atoms with Crippen LogP contribution in [0.25, 0.3) is 10.9 Å². The number of rotatable bonds is 2. The lowest BCUT2D eigenvalue weighted by molar-refractivity contribution is -0.145. The summed E-state index contributed by atoms with van der Waals surface area (Å²) in [5, 5.41) is 9.89. The fraction of sp³-hybridized carbons (Fsp3) is 0.467. The Balaban J connectivity index is 1.79. The molecule has 1 aliphatic heterocycles. The standard InChI is InChI=1S/C15H20N6O2/c1-2-9-5-3-4-6-21(9)15(23)14(22)19-11-8-17-13(16)10-7-18-20-12(10)11/h7-9H,2-6H2,1H3,(H2,16,17)(H,18,20)(H,19,22)/t9-/m1/s1. The summed E-state index contributed by atoms with van der Waals surface area (Å²) < 4.78 is 0. The number of fused-ring (bicyclic) bond motifs is 1. The Kier molecular flexibility index (Phi) is 4.14. The van der Waals surface area contributed by atoms with Gasteiger partial charge in [-0.2, -0.15) is 5.10 Å². The van der Waals surface area contributed by atoms with E-state index in [0.29, 0.717) is 29.0 Å². The molecule has 0 unspecified atom stereocenters. The number of hydrogen-bond acceptors (Lipinski definition) is 5. The fourth-order valence-corrected chi connectivity index (χ4v) is 3.05. The molecule has 0 spiro atoms. The first kappa shape index (κ1) is 15.3. The van der Waals surface area contributed by atoms with Crippen LogP contribution in [0.3, 0.4) is 0 Å². The van der Waals surface area contributed by atoms with Gasteiger partial charge in [0.2, 0.25) is 0 Å². The Morgan fingerprint density at radius 2 is 2.26 bits per heavy atom. The topological polar surface area (TPSA) is 117 Å². The molecule has 2 aromatic rings. The number of hydrogen-bond donors (Lipinski definition) is 3. The molecule has 1 fully saturated rings. The minimum Gasteiger partial charge on any atom is -0.383 e. The van der Waals surface area contributed by atoms with Crippen LogP contribution >= 0.6 is 0 Å². The van der Waals surface area contributed by atoms with Crippen LogP contribution in [0.2, 0.25) is 0 Å². The summed E-state index contributed by atoms with van der Waals surface area (Å²) in [6, 6.07) is 0.138. The van der Waals surface area contributed by atoms with Crippen molar-refractivity contribution in [2.24, 2.45) is 0 Å². The number of aromatic nitrogens is 3. The molecule has 1 aliphatic rings. The maximum absolute atomic E-state index is 12.5. The fourth-order valence-electron chi connectivity index (χ4n) is 3.05. The molecule has 0 saturated carbocycles. The van der Waals surface area contributed by atoms with E-state index in [2.05, 4.69) is 20.5 Å². The third kappa shape index (κ3) is 2.84. The molecule has 1 atom stereocenters. The average Bonchev–Trinajstić information content (AvgIpc) is 3.07. The van der Waals surface area contributed by atoms with Crippen LogP contribution in [0.4, 0.5) is 11.5 Å². The van der Waals surface area contributed by atoms with Crippen LogP contribution in [0, 0.1) is 0 Å². The number of nitrogens with two attached hydrogens (primary N) is 1. The van der Waals surface area contributed by atoms with E-state index in [0.717, 1.165) is 25.7 Å². The van der Waals surface area contributed by atoms with Gasteiger partial charge in [-0.05, 0) is 25.7 Å². The molecule has 2 amide bonds. The second kappa shape index (κ2) is 6.23. The highest BCUT2D eigenvalue weighted by Gasteiger charge is 2.30. The molecule has 8 nitrogen and oxygen atoms in total. The molecule has 23 heavy (non-hydrogen) atoms. The van der Waals surface area contributed by atoms with E-state index in [4.69, 9.17) is 5.73 Å².